The van der Waals surface area contributed by atoms with Crippen molar-refractivity contribution in [2.75, 3.05) is 30.4 Å². The van der Waals surface area contributed by atoms with E-state index in [2.05, 4.69) is 52.7 Å². The first-order valence-corrected chi connectivity index (χ1v) is 7.56. The minimum absolute atomic E-state index is 0.554. The predicted octanol–water partition coefficient (Wildman–Crippen LogP) is 3.78. The average Bonchev–Trinajstić information content (AvgIpc) is 2.57. The fraction of sp³-hybridized carbons (Fsp3) is 0.333. The number of piperidine rings is 1. The minimum atomic E-state index is 0.554. The van der Waals surface area contributed by atoms with Crippen LogP contribution in [0.25, 0.3) is 0 Å². The van der Waals surface area contributed by atoms with Gasteiger partial charge in [0.25, 0.3) is 0 Å². The molecule has 0 radical (unpaired) electrons. The maximum absolute atomic E-state index is 5.19. The Bertz CT molecular complexity index is 545. The van der Waals surface area contributed by atoms with Crippen molar-refractivity contribution in [1.82, 2.24) is 0 Å². The first kappa shape index (κ1) is 13.8. The number of para-hydroxylation sites is 1. The smallest absolute Gasteiger partial charge is 0.119 e. The van der Waals surface area contributed by atoms with Crippen molar-refractivity contribution in [1.29, 1.82) is 0 Å². The predicted molar refractivity (Wildman–Crippen MR) is 88.3 cm³/mol. The van der Waals surface area contributed by atoms with Gasteiger partial charge in [0.15, 0.2) is 0 Å². The van der Waals surface area contributed by atoms with Gasteiger partial charge >= 0.3 is 0 Å². The zero-order valence-electron chi connectivity index (χ0n) is 12.5. The summed E-state index contributed by atoms with van der Waals surface area (Å²) in [6.07, 6.45) is 2.34. The zero-order valence-corrected chi connectivity index (χ0v) is 12.5. The molecular formula is C18H22N2O. The summed E-state index contributed by atoms with van der Waals surface area (Å²) in [6, 6.07) is 19.4. The van der Waals surface area contributed by atoms with Crippen LogP contribution in [0, 0.1) is 0 Å². The van der Waals surface area contributed by atoms with Gasteiger partial charge in [0, 0.05) is 30.5 Å². The SMILES string of the molecule is COc1ccc(NC2CCN(c3ccccc3)CC2)cc1. The molecular weight excluding hydrogens is 260 g/mol. The van der Waals surface area contributed by atoms with Crippen molar-refractivity contribution < 1.29 is 4.74 Å². The van der Waals surface area contributed by atoms with Gasteiger partial charge in [-0.15, -0.1) is 0 Å². The van der Waals surface area contributed by atoms with E-state index in [0.29, 0.717) is 6.04 Å². The van der Waals surface area contributed by atoms with Crippen LogP contribution in [0.4, 0.5) is 11.4 Å². The van der Waals surface area contributed by atoms with Crippen molar-refractivity contribution in [2.45, 2.75) is 18.9 Å². The number of rotatable bonds is 4. The van der Waals surface area contributed by atoms with E-state index in [1.807, 2.05) is 12.1 Å². The highest BCUT2D eigenvalue weighted by molar-refractivity contribution is 5.49. The van der Waals surface area contributed by atoms with Crippen LogP contribution in [0.15, 0.2) is 54.6 Å². The molecule has 1 N–H and O–H groups in total. The Morgan fingerprint density at radius 3 is 2.24 bits per heavy atom. The Balaban J connectivity index is 1.53. The number of nitrogens with zero attached hydrogens (tertiary/aromatic N) is 1. The Hall–Kier alpha value is -2.16. The van der Waals surface area contributed by atoms with Gasteiger partial charge in [-0.2, -0.15) is 0 Å². The molecule has 1 saturated heterocycles. The molecule has 0 aliphatic carbocycles. The van der Waals surface area contributed by atoms with Gasteiger partial charge in [0.2, 0.25) is 0 Å². The molecule has 2 aromatic rings. The van der Waals surface area contributed by atoms with Gasteiger partial charge in [-0.05, 0) is 49.2 Å². The van der Waals surface area contributed by atoms with Crippen molar-refractivity contribution in [3.05, 3.63) is 54.6 Å². The second-order valence-corrected chi connectivity index (χ2v) is 5.47. The lowest BCUT2D eigenvalue weighted by atomic mass is 10.0. The van der Waals surface area contributed by atoms with Crippen molar-refractivity contribution in [2.24, 2.45) is 0 Å². The quantitative estimate of drug-likeness (QED) is 0.923. The number of benzene rings is 2. The summed E-state index contributed by atoms with van der Waals surface area (Å²) in [5, 5.41) is 3.62. The average molecular weight is 282 g/mol. The molecule has 110 valence electrons. The van der Waals surface area contributed by atoms with Gasteiger partial charge in [0.05, 0.1) is 7.11 Å². The van der Waals surface area contributed by atoms with Crippen LogP contribution in [0.5, 0.6) is 5.75 Å². The fourth-order valence-corrected chi connectivity index (χ4v) is 2.84. The van der Waals surface area contributed by atoms with Crippen LogP contribution in [0.1, 0.15) is 12.8 Å². The fourth-order valence-electron chi connectivity index (χ4n) is 2.84. The number of hydrogen-bond acceptors (Lipinski definition) is 3. The molecule has 1 aliphatic rings. The zero-order chi connectivity index (χ0) is 14.5. The largest absolute Gasteiger partial charge is 0.497 e. The van der Waals surface area contributed by atoms with E-state index in [0.717, 1.165) is 18.8 Å². The molecule has 3 rings (SSSR count). The van der Waals surface area contributed by atoms with Crippen LogP contribution < -0.4 is 15.0 Å². The summed E-state index contributed by atoms with van der Waals surface area (Å²) in [5.41, 5.74) is 2.51. The molecule has 0 saturated carbocycles. The molecule has 2 aromatic carbocycles. The van der Waals surface area contributed by atoms with Gasteiger partial charge < -0.3 is 15.0 Å². The van der Waals surface area contributed by atoms with E-state index in [9.17, 15) is 0 Å². The molecule has 0 amide bonds. The molecule has 0 atom stereocenters. The lowest BCUT2D eigenvalue weighted by molar-refractivity contribution is 0.415. The number of ether oxygens (including phenoxy) is 1. The van der Waals surface area contributed by atoms with Gasteiger partial charge in [0.1, 0.15) is 5.75 Å². The Morgan fingerprint density at radius 2 is 1.62 bits per heavy atom. The van der Waals surface area contributed by atoms with Gasteiger partial charge in [-0.1, -0.05) is 18.2 Å². The topological polar surface area (TPSA) is 24.5 Å². The lowest BCUT2D eigenvalue weighted by Gasteiger charge is -2.34. The first-order chi connectivity index (χ1) is 10.3. The molecule has 0 bridgehead atoms. The third-order valence-corrected chi connectivity index (χ3v) is 4.08. The maximum Gasteiger partial charge on any atom is 0.119 e. The number of hydrogen-bond donors (Lipinski definition) is 1. The van der Waals surface area contributed by atoms with Crippen molar-refractivity contribution in [3.8, 4) is 5.75 Å². The molecule has 3 heteroatoms. The second-order valence-electron chi connectivity index (χ2n) is 5.47. The molecule has 0 aromatic heterocycles. The summed E-state index contributed by atoms with van der Waals surface area (Å²) in [5.74, 6) is 0.902. The molecule has 21 heavy (non-hydrogen) atoms. The molecule has 1 heterocycles. The van der Waals surface area contributed by atoms with E-state index in [-0.39, 0.29) is 0 Å². The van der Waals surface area contributed by atoms with E-state index in [1.54, 1.807) is 7.11 Å². The third-order valence-electron chi connectivity index (χ3n) is 4.08. The monoisotopic (exact) mass is 282 g/mol. The minimum Gasteiger partial charge on any atom is -0.497 e. The first-order valence-electron chi connectivity index (χ1n) is 7.56. The molecule has 1 fully saturated rings. The molecule has 3 nitrogen and oxygen atoms in total. The van der Waals surface area contributed by atoms with Crippen molar-refractivity contribution >= 4 is 11.4 Å². The number of methoxy groups -OCH3 is 1. The van der Waals surface area contributed by atoms with Crippen molar-refractivity contribution in [3.63, 3.8) is 0 Å². The molecule has 0 unspecified atom stereocenters. The van der Waals surface area contributed by atoms with Gasteiger partial charge in [-0.3, -0.25) is 0 Å². The highest BCUT2D eigenvalue weighted by Crippen LogP contribution is 2.22. The normalized spacial score (nSPS) is 15.8. The van der Waals surface area contributed by atoms with E-state index < -0.39 is 0 Å². The Morgan fingerprint density at radius 1 is 0.952 bits per heavy atom. The third kappa shape index (κ3) is 3.48. The Labute approximate surface area is 126 Å². The van der Waals surface area contributed by atoms with E-state index in [4.69, 9.17) is 4.74 Å². The lowest BCUT2D eigenvalue weighted by Crippen LogP contribution is -2.39. The summed E-state index contributed by atoms with van der Waals surface area (Å²) in [7, 11) is 1.70. The highest BCUT2D eigenvalue weighted by atomic mass is 16.5. The van der Waals surface area contributed by atoms with E-state index in [1.165, 1.54) is 24.2 Å². The summed E-state index contributed by atoms with van der Waals surface area (Å²) in [6.45, 7) is 2.22. The summed E-state index contributed by atoms with van der Waals surface area (Å²) < 4.78 is 5.19. The highest BCUT2D eigenvalue weighted by Gasteiger charge is 2.19. The van der Waals surface area contributed by atoms with E-state index >= 15 is 0 Å². The van der Waals surface area contributed by atoms with Crippen LogP contribution in [0.3, 0.4) is 0 Å². The summed E-state index contributed by atoms with van der Waals surface area (Å²) in [4.78, 5) is 2.46. The Kier molecular flexibility index (Phi) is 4.29. The number of anilines is 2. The standard InChI is InChI=1S/C18H22N2O/c1-21-18-9-7-15(8-10-18)19-16-11-13-20(14-12-16)17-5-3-2-4-6-17/h2-10,16,19H,11-14H2,1H3. The van der Waals surface area contributed by atoms with Crippen LogP contribution in [-0.4, -0.2) is 26.2 Å². The molecule has 0 spiro atoms. The maximum atomic E-state index is 5.19. The van der Waals surface area contributed by atoms with Gasteiger partial charge in [-0.25, -0.2) is 0 Å². The second kappa shape index (κ2) is 6.53. The van der Waals surface area contributed by atoms with Crippen LogP contribution in [0.2, 0.25) is 0 Å². The number of nitrogens with one attached hydrogen (secondary N) is 1. The van der Waals surface area contributed by atoms with Crippen LogP contribution in [-0.2, 0) is 0 Å². The van der Waals surface area contributed by atoms with Crippen LogP contribution >= 0.6 is 0 Å². The summed E-state index contributed by atoms with van der Waals surface area (Å²) >= 11 is 0. The molecule has 1 aliphatic heterocycles.